The lowest BCUT2D eigenvalue weighted by molar-refractivity contribution is -0.135. The summed E-state index contributed by atoms with van der Waals surface area (Å²) < 4.78 is 5.54. The third kappa shape index (κ3) is 3.69. The Hall–Kier alpha value is -2.41. The van der Waals surface area contributed by atoms with E-state index in [0.717, 1.165) is 35.9 Å². The summed E-state index contributed by atoms with van der Waals surface area (Å²) in [6.07, 6.45) is 2.53. The molecule has 2 aromatic rings. The van der Waals surface area contributed by atoms with E-state index < -0.39 is 0 Å². The molecule has 2 amide bonds. The minimum atomic E-state index is -0.110. The molecule has 142 valence electrons. The molecule has 1 saturated heterocycles. The van der Waals surface area contributed by atoms with E-state index in [9.17, 15) is 9.59 Å². The summed E-state index contributed by atoms with van der Waals surface area (Å²) in [5.74, 6) is 1.27. The number of ether oxygens (including phenoxy) is 1. The number of amides is 2. The van der Waals surface area contributed by atoms with Crippen molar-refractivity contribution >= 4 is 23.2 Å². The number of fused-ring (bicyclic) bond motifs is 1. The number of piperazine rings is 1. The van der Waals surface area contributed by atoms with Gasteiger partial charge in [0.25, 0.3) is 5.91 Å². The minimum Gasteiger partial charge on any atom is -0.493 e. The van der Waals surface area contributed by atoms with Crippen molar-refractivity contribution in [2.45, 2.75) is 20.3 Å². The van der Waals surface area contributed by atoms with Crippen LogP contribution < -0.4 is 4.74 Å². The molecule has 27 heavy (non-hydrogen) atoms. The van der Waals surface area contributed by atoms with Gasteiger partial charge in [0.05, 0.1) is 12.8 Å². The Labute approximate surface area is 162 Å². The molecular formula is C20H23N3O3S. The topological polar surface area (TPSA) is 62.7 Å². The van der Waals surface area contributed by atoms with Gasteiger partial charge in [-0.05, 0) is 29.7 Å². The van der Waals surface area contributed by atoms with Gasteiger partial charge in [0.2, 0.25) is 5.91 Å². The molecule has 2 aliphatic rings. The molecule has 3 heterocycles. The maximum Gasteiger partial charge on any atom is 0.266 e. The first-order valence-electron chi connectivity index (χ1n) is 9.30. The minimum absolute atomic E-state index is 0.0201. The molecule has 0 unspecified atom stereocenters. The number of aromatic nitrogens is 1. The summed E-state index contributed by atoms with van der Waals surface area (Å²) in [7, 11) is 0. The van der Waals surface area contributed by atoms with Gasteiger partial charge in [-0.1, -0.05) is 13.8 Å². The molecule has 0 N–H and O–H groups in total. The Morgan fingerprint density at radius 2 is 2.19 bits per heavy atom. The smallest absolute Gasteiger partial charge is 0.266 e. The summed E-state index contributed by atoms with van der Waals surface area (Å²) in [4.78, 5) is 33.6. The summed E-state index contributed by atoms with van der Waals surface area (Å²) in [6.45, 7) is 6.96. The van der Waals surface area contributed by atoms with Crippen molar-refractivity contribution in [3.05, 3.63) is 34.8 Å². The lowest BCUT2D eigenvalue weighted by Gasteiger charge is -2.35. The second kappa shape index (κ2) is 7.31. The molecular weight excluding hydrogens is 362 g/mol. The van der Waals surface area contributed by atoms with E-state index in [0.29, 0.717) is 23.9 Å². The molecule has 0 bridgehead atoms. The highest BCUT2D eigenvalue weighted by Gasteiger charge is 2.29. The Morgan fingerprint density at radius 3 is 2.96 bits per heavy atom. The van der Waals surface area contributed by atoms with E-state index in [4.69, 9.17) is 4.74 Å². The molecule has 7 heteroatoms. The van der Waals surface area contributed by atoms with E-state index in [-0.39, 0.29) is 18.4 Å². The van der Waals surface area contributed by atoms with Crippen LogP contribution in [-0.4, -0.2) is 59.4 Å². The van der Waals surface area contributed by atoms with Gasteiger partial charge in [-0.15, -0.1) is 11.3 Å². The number of hydrogen-bond donors (Lipinski definition) is 0. The zero-order chi connectivity index (χ0) is 19.0. The van der Waals surface area contributed by atoms with Gasteiger partial charge in [0.15, 0.2) is 0 Å². The Balaban J connectivity index is 1.46. The molecule has 0 saturated carbocycles. The summed E-state index contributed by atoms with van der Waals surface area (Å²) in [5.41, 5.74) is 2.18. The van der Waals surface area contributed by atoms with E-state index in [1.165, 1.54) is 16.9 Å². The highest BCUT2D eigenvalue weighted by atomic mass is 32.1. The van der Waals surface area contributed by atoms with E-state index in [1.807, 2.05) is 17.0 Å². The normalized spacial score (nSPS) is 16.6. The molecule has 2 aliphatic heterocycles. The van der Waals surface area contributed by atoms with Gasteiger partial charge in [-0.25, -0.2) is 4.98 Å². The maximum atomic E-state index is 12.8. The van der Waals surface area contributed by atoms with Crippen LogP contribution in [0.3, 0.4) is 0 Å². The van der Waals surface area contributed by atoms with E-state index in [2.05, 4.69) is 24.9 Å². The van der Waals surface area contributed by atoms with Gasteiger partial charge in [-0.3, -0.25) is 9.59 Å². The molecule has 0 aliphatic carbocycles. The fourth-order valence-corrected chi connectivity index (χ4v) is 4.38. The Bertz CT molecular complexity index is 877. The quantitative estimate of drug-likeness (QED) is 0.812. The zero-order valence-electron chi connectivity index (χ0n) is 15.6. The van der Waals surface area contributed by atoms with Crippen LogP contribution in [0.25, 0.3) is 10.6 Å². The van der Waals surface area contributed by atoms with Crippen molar-refractivity contribution in [2.24, 2.45) is 5.92 Å². The van der Waals surface area contributed by atoms with Crippen LogP contribution in [0.15, 0.2) is 24.4 Å². The van der Waals surface area contributed by atoms with Gasteiger partial charge >= 0.3 is 0 Å². The van der Waals surface area contributed by atoms with E-state index >= 15 is 0 Å². The zero-order valence-corrected chi connectivity index (χ0v) is 16.4. The second-order valence-corrected chi connectivity index (χ2v) is 8.44. The molecule has 1 fully saturated rings. The number of carbonyl (C=O) groups is 2. The number of nitrogens with zero attached hydrogens (tertiary/aromatic N) is 3. The van der Waals surface area contributed by atoms with Crippen LogP contribution >= 0.6 is 11.3 Å². The summed E-state index contributed by atoms with van der Waals surface area (Å²) in [6, 6.07) is 6.03. The Kier molecular flexibility index (Phi) is 4.86. The summed E-state index contributed by atoms with van der Waals surface area (Å²) in [5, 5.41) is 0.817. The van der Waals surface area contributed by atoms with Crippen molar-refractivity contribution in [3.63, 3.8) is 0 Å². The number of benzene rings is 1. The predicted octanol–water partition coefficient (Wildman–Crippen LogP) is 2.69. The van der Waals surface area contributed by atoms with Crippen LogP contribution in [0, 0.1) is 5.92 Å². The lowest BCUT2D eigenvalue weighted by atomic mass is 10.1. The first-order chi connectivity index (χ1) is 13.0. The van der Waals surface area contributed by atoms with Gasteiger partial charge in [0, 0.05) is 31.6 Å². The predicted molar refractivity (Wildman–Crippen MR) is 104 cm³/mol. The number of thiazole rings is 1. The fraction of sp³-hybridized carbons (Fsp3) is 0.450. The Morgan fingerprint density at radius 1 is 1.33 bits per heavy atom. The van der Waals surface area contributed by atoms with Crippen LogP contribution in [0.1, 0.15) is 29.1 Å². The summed E-state index contributed by atoms with van der Waals surface area (Å²) >= 11 is 1.38. The molecule has 6 nitrogen and oxygen atoms in total. The van der Waals surface area contributed by atoms with Crippen LogP contribution in [0.2, 0.25) is 0 Å². The number of hydrogen-bond acceptors (Lipinski definition) is 5. The van der Waals surface area contributed by atoms with Crippen LogP contribution in [0.4, 0.5) is 0 Å². The largest absolute Gasteiger partial charge is 0.493 e. The van der Waals surface area contributed by atoms with Crippen molar-refractivity contribution in [1.82, 2.24) is 14.8 Å². The van der Waals surface area contributed by atoms with Gasteiger partial charge < -0.3 is 14.5 Å². The molecule has 0 spiro atoms. The SMILES string of the molecule is CC(C)CN1CCN(C(=O)c2cnc(-c3ccc4c(c3)CCO4)s2)CC1=O. The van der Waals surface area contributed by atoms with Gasteiger partial charge in [-0.2, -0.15) is 0 Å². The first-order valence-corrected chi connectivity index (χ1v) is 10.1. The fourth-order valence-electron chi connectivity index (χ4n) is 3.50. The number of carbonyl (C=O) groups excluding carboxylic acids is 2. The van der Waals surface area contributed by atoms with Crippen molar-refractivity contribution in [1.29, 1.82) is 0 Å². The third-order valence-corrected chi connectivity index (χ3v) is 5.88. The lowest BCUT2D eigenvalue weighted by Crippen LogP contribution is -2.52. The standard InChI is InChI=1S/C20H23N3O3S/c1-13(2)11-22-6-7-23(12-18(22)24)20(25)17-10-21-19(27-17)15-3-4-16-14(9-15)5-8-26-16/h3-4,9-10,13H,5-8,11-12H2,1-2H3. The average Bonchev–Trinajstić information content (AvgIpc) is 3.31. The van der Waals surface area contributed by atoms with Crippen molar-refractivity contribution in [3.8, 4) is 16.3 Å². The average molecular weight is 385 g/mol. The highest BCUT2D eigenvalue weighted by Crippen LogP contribution is 2.32. The van der Waals surface area contributed by atoms with Crippen LogP contribution in [-0.2, 0) is 11.2 Å². The maximum absolute atomic E-state index is 12.8. The third-order valence-electron chi connectivity index (χ3n) is 4.84. The molecule has 0 atom stereocenters. The van der Waals surface area contributed by atoms with Crippen molar-refractivity contribution in [2.75, 3.05) is 32.8 Å². The first kappa shape index (κ1) is 18.0. The van der Waals surface area contributed by atoms with Crippen LogP contribution in [0.5, 0.6) is 5.75 Å². The van der Waals surface area contributed by atoms with Crippen molar-refractivity contribution < 1.29 is 14.3 Å². The number of rotatable bonds is 4. The molecule has 0 radical (unpaired) electrons. The molecule has 4 rings (SSSR count). The monoisotopic (exact) mass is 385 g/mol. The van der Waals surface area contributed by atoms with Gasteiger partial charge in [0.1, 0.15) is 22.2 Å². The highest BCUT2D eigenvalue weighted by molar-refractivity contribution is 7.16. The van der Waals surface area contributed by atoms with E-state index in [1.54, 1.807) is 11.1 Å². The molecule has 1 aromatic carbocycles. The second-order valence-electron chi connectivity index (χ2n) is 7.41. The molecule has 1 aromatic heterocycles.